The first-order valence-electron chi connectivity index (χ1n) is 23.9. The van der Waals surface area contributed by atoms with Crippen LogP contribution in [0, 0.1) is 52.3 Å². The molecule has 18 nitrogen and oxygen atoms in total. The van der Waals surface area contributed by atoms with E-state index in [1.165, 1.54) is 13.8 Å². The van der Waals surface area contributed by atoms with Crippen molar-refractivity contribution in [1.82, 2.24) is 5.32 Å². The molecule has 0 bridgehead atoms. The van der Waals surface area contributed by atoms with E-state index in [2.05, 4.69) is 19.2 Å². The first-order valence-corrected chi connectivity index (χ1v) is 23.9. The molecule has 3 heterocycles. The van der Waals surface area contributed by atoms with E-state index in [9.17, 15) is 55.5 Å². The van der Waals surface area contributed by atoms with E-state index in [4.69, 9.17) is 28.4 Å². The Bertz CT molecular complexity index is 1590. The molecule has 0 spiro atoms. The van der Waals surface area contributed by atoms with Crippen LogP contribution in [0.5, 0.6) is 0 Å². The van der Waals surface area contributed by atoms with Crippen molar-refractivity contribution >= 4 is 11.7 Å². The number of Topliss-reactive ketones (excluding diaryl/α,β-unsaturated/α-hetero) is 1. The number of amides is 1. The van der Waals surface area contributed by atoms with Gasteiger partial charge in [0, 0.05) is 25.8 Å². The Morgan fingerprint density at radius 2 is 1.41 bits per heavy atom. The van der Waals surface area contributed by atoms with Crippen LogP contribution in [-0.2, 0) is 38.0 Å². The minimum absolute atomic E-state index is 0.0290. The molecule has 18 heteroatoms. The Balaban J connectivity index is 0.954. The van der Waals surface area contributed by atoms with Crippen LogP contribution in [0.15, 0.2) is 0 Å². The average Bonchev–Trinajstić information content (AvgIpc) is 3.54. The maximum absolute atomic E-state index is 13.6. The zero-order valence-electron chi connectivity index (χ0n) is 38.3. The predicted molar refractivity (Wildman–Crippen MR) is 224 cm³/mol. The van der Waals surface area contributed by atoms with Crippen LogP contribution in [0.25, 0.3) is 0 Å². The number of hydrogen-bond donors (Lipinski definition) is 10. The van der Waals surface area contributed by atoms with Gasteiger partial charge in [0.1, 0.15) is 66.8 Å². The second-order valence-corrected chi connectivity index (χ2v) is 21.2. The quantitative estimate of drug-likeness (QED) is 0.102. The molecule has 7 rings (SSSR count). The van der Waals surface area contributed by atoms with Gasteiger partial charge in [-0.05, 0) is 111 Å². The van der Waals surface area contributed by atoms with Gasteiger partial charge in [0.05, 0.1) is 31.5 Å². The van der Waals surface area contributed by atoms with Crippen LogP contribution in [-0.4, -0.2) is 176 Å². The first-order chi connectivity index (χ1) is 30.2. The predicted octanol–water partition coefficient (Wildman–Crippen LogP) is -0.126. The molecule has 25 atom stereocenters. The molecule has 1 amide bonds. The van der Waals surface area contributed by atoms with Crippen molar-refractivity contribution in [2.75, 3.05) is 19.8 Å². The average molecular weight is 916 g/mol. The fourth-order valence-corrected chi connectivity index (χ4v) is 13.5. The molecule has 368 valence electrons. The minimum atomic E-state index is -1.73. The largest absolute Gasteiger partial charge is 0.394 e. The van der Waals surface area contributed by atoms with E-state index in [-0.39, 0.29) is 46.4 Å². The lowest BCUT2D eigenvalue weighted by Gasteiger charge is -2.61. The first kappa shape index (κ1) is 50.4. The van der Waals surface area contributed by atoms with Crippen molar-refractivity contribution in [2.45, 2.75) is 204 Å². The van der Waals surface area contributed by atoms with E-state index >= 15 is 0 Å². The van der Waals surface area contributed by atoms with Gasteiger partial charge in [-0.2, -0.15) is 0 Å². The second-order valence-electron chi connectivity index (χ2n) is 21.2. The van der Waals surface area contributed by atoms with Gasteiger partial charge in [-0.1, -0.05) is 27.7 Å². The lowest BCUT2D eigenvalue weighted by molar-refractivity contribution is -0.383. The number of hydrogen-bond acceptors (Lipinski definition) is 17. The lowest BCUT2D eigenvalue weighted by atomic mass is 9.44. The van der Waals surface area contributed by atoms with Crippen LogP contribution in [0.3, 0.4) is 0 Å². The zero-order chi connectivity index (χ0) is 46.6. The molecule has 3 aliphatic heterocycles. The van der Waals surface area contributed by atoms with Crippen molar-refractivity contribution in [3.8, 4) is 0 Å². The van der Waals surface area contributed by atoms with Crippen LogP contribution in [0.2, 0.25) is 0 Å². The number of aliphatic hydroxyl groups is 9. The molecular weight excluding hydrogens is 838 g/mol. The van der Waals surface area contributed by atoms with Crippen LogP contribution in [0.1, 0.15) is 106 Å². The van der Waals surface area contributed by atoms with Crippen molar-refractivity contribution < 1.29 is 84.0 Å². The summed E-state index contributed by atoms with van der Waals surface area (Å²) in [5, 5.41) is 100. The smallest absolute Gasteiger partial charge is 0.216 e. The number of carbonyl (C=O) groups excluding carboxylic acids is 2. The third-order valence-corrected chi connectivity index (χ3v) is 17.3. The summed E-state index contributed by atoms with van der Waals surface area (Å²) in [6.45, 7) is 11.2. The molecule has 0 aromatic rings. The van der Waals surface area contributed by atoms with E-state index in [0.29, 0.717) is 55.9 Å². The number of nitrogens with one attached hydrogen (secondary N) is 1. The van der Waals surface area contributed by atoms with Crippen molar-refractivity contribution in [3.63, 3.8) is 0 Å². The van der Waals surface area contributed by atoms with Crippen molar-refractivity contribution in [2.24, 2.45) is 52.3 Å². The maximum atomic E-state index is 13.6. The van der Waals surface area contributed by atoms with Crippen LogP contribution >= 0.6 is 0 Å². The highest BCUT2D eigenvalue weighted by atomic mass is 16.8. The van der Waals surface area contributed by atoms with Gasteiger partial charge < -0.3 is 79.7 Å². The number of fused-ring (bicyclic) bond motifs is 5. The summed E-state index contributed by atoms with van der Waals surface area (Å²) in [5.41, 5.74) is -0.112. The molecule has 3 saturated heterocycles. The second kappa shape index (κ2) is 20.2. The summed E-state index contributed by atoms with van der Waals surface area (Å²) in [4.78, 5) is 25.0. The van der Waals surface area contributed by atoms with Gasteiger partial charge >= 0.3 is 0 Å². The SMILES string of the molecule is CC(=O)NCC(C)CCC(=O)[C@@H](C)C1[C@H](O)C[C@H]2[C@@H]3CCC4C[C@@H](O[C@@H]5O[C@H](CO)[C@@H](O[C@@H]6O[C@H](C)[C@H](O)[C@@H](O)[C@H]6O[C@@H]6OC[C@@H](O)[C@H](O)[C@H]6O)[C@H](O)[C@H]5O)CC[C@]4(C)[C@H]3CC[C@]12C. The van der Waals surface area contributed by atoms with Gasteiger partial charge in [0.2, 0.25) is 5.91 Å². The van der Waals surface area contributed by atoms with E-state index in [1.54, 1.807) is 0 Å². The third-order valence-electron chi connectivity index (χ3n) is 17.3. The van der Waals surface area contributed by atoms with Gasteiger partial charge in [-0.25, -0.2) is 0 Å². The lowest BCUT2D eigenvalue weighted by Crippen LogP contribution is -2.66. The highest BCUT2D eigenvalue weighted by Gasteiger charge is 2.64. The van der Waals surface area contributed by atoms with E-state index in [0.717, 1.165) is 38.5 Å². The van der Waals surface area contributed by atoms with Gasteiger partial charge in [-0.15, -0.1) is 0 Å². The number of aliphatic hydroxyl groups excluding tert-OH is 9. The summed E-state index contributed by atoms with van der Waals surface area (Å²) in [6.07, 6.45) is -13.6. The number of carbonyl (C=O) groups is 2. The van der Waals surface area contributed by atoms with Gasteiger partial charge in [-0.3, -0.25) is 9.59 Å². The summed E-state index contributed by atoms with van der Waals surface area (Å²) in [6, 6.07) is 0. The van der Waals surface area contributed by atoms with Crippen LogP contribution in [0.4, 0.5) is 0 Å². The molecule has 0 aromatic heterocycles. The molecule has 0 aromatic carbocycles. The molecule has 4 aliphatic carbocycles. The molecule has 7 aliphatic rings. The normalized spacial score (nSPS) is 50.4. The Hall–Kier alpha value is -1.46. The maximum Gasteiger partial charge on any atom is 0.216 e. The fourth-order valence-electron chi connectivity index (χ4n) is 13.5. The molecule has 7 fully saturated rings. The topological polar surface area (TPSA) is 284 Å². The third kappa shape index (κ3) is 9.73. The Labute approximate surface area is 376 Å². The Morgan fingerprint density at radius 1 is 0.734 bits per heavy atom. The Kier molecular flexibility index (Phi) is 16.0. The highest BCUT2D eigenvalue weighted by molar-refractivity contribution is 5.81. The van der Waals surface area contributed by atoms with Crippen molar-refractivity contribution in [3.05, 3.63) is 0 Å². The number of rotatable bonds is 14. The fraction of sp³-hybridized carbons (Fsp3) is 0.957. The monoisotopic (exact) mass is 916 g/mol. The molecule has 0 radical (unpaired) electrons. The van der Waals surface area contributed by atoms with Gasteiger partial charge in [0.25, 0.3) is 0 Å². The van der Waals surface area contributed by atoms with E-state index in [1.807, 2.05) is 13.8 Å². The van der Waals surface area contributed by atoms with Crippen molar-refractivity contribution in [1.29, 1.82) is 0 Å². The number of ketones is 1. The molecule has 4 saturated carbocycles. The summed E-state index contributed by atoms with van der Waals surface area (Å²) in [7, 11) is 0. The minimum Gasteiger partial charge on any atom is -0.394 e. The summed E-state index contributed by atoms with van der Waals surface area (Å²) in [5.74, 6) is 1.48. The molecule has 64 heavy (non-hydrogen) atoms. The standard InChI is InChI=1S/C46H77NO17/c1-20(17-47-23(4)49)7-10-29(50)21(2)33-30(51)16-28-26-9-8-24-15-25(11-13-45(24,5)27(26)12-14-46(28,33)6)61-43-39(58)37(56)40(32(18-48)62-43)63-44-41(36(55)34(53)22(3)60-44)64-42-38(57)35(54)31(52)19-59-42/h20-22,24-28,30-44,48,51-58H,7-19H2,1-6H3,(H,47,49)/t20?,21-,22-,24?,25+,26-,27+,28+,30-,31-,32-,33?,34+,35+,36-,37-,38-,39-,40-,41-,42+,43-,44+,45+,46+/m1/s1. The van der Waals surface area contributed by atoms with Gasteiger partial charge in [0.15, 0.2) is 18.9 Å². The molecular formula is C46H77NO17. The molecule has 3 unspecified atom stereocenters. The van der Waals surface area contributed by atoms with E-state index < -0.39 is 105 Å². The Morgan fingerprint density at radius 3 is 2.11 bits per heavy atom. The van der Waals surface area contributed by atoms with Crippen LogP contribution < -0.4 is 5.32 Å². The summed E-state index contributed by atoms with van der Waals surface area (Å²) >= 11 is 0. The number of ether oxygens (including phenoxy) is 6. The summed E-state index contributed by atoms with van der Waals surface area (Å²) < 4.78 is 35.5. The molecule has 10 N–H and O–H groups in total. The zero-order valence-corrected chi connectivity index (χ0v) is 38.3. The highest BCUT2D eigenvalue weighted by Crippen LogP contribution is 2.68.